The van der Waals surface area contributed by atoms with Crippen LogP contribution in [-0.2, 0) is 17.6 Å². The van der Waals surface area contributed by atoms with Crippen LogP contribution in [0.4, 0.5) is 5.82 Å². The molecule has 0 aliphatic heterocycles. The Labute approximate surface area is 144 Å². The van der Waals surface area contributed by atoms with E-state index in [0.29, 0.717) is 6.42 Å². The van der Waals surface area contributed by atoms with E-state index < -0.39 is 9.75 Å². The van der Waals surface area contributed by atoms with E-state index in [-0.39, 0.29) is 5.91 Å². The third-order valence-electron chi connectivity index (χ3n) is 4.90. The van der Waals surface area contributed by atoms with Crippen molar-refractivity contribution in [3.8, 4) is 5.69 Å². The van der Waals surface area contributed by atoms with E-state index in [1.807, 2.05) is 35.0 Å². The number of carbonyl (C=O) groups is 1. The maximum atomic E-state index is 12.7. The number of aromatic nitrogens is 2. The number of fused-ring (bicyclic) bond motifs is 1. The van der Waals surface area contributed by atoms with E-state index in [1.54, 1.807) is 6.92 Å². The van der Waals surface area contributed by atoms with Gasteiger partial charge in [-0.3, -0.25) is 4.79 Å². The lowest BCUT2D eigenvalue weighted by molar-refractivity contribution is -0.120. The van der Waals surface area contributed by atoms with Gasteiger partial charge >= 0.3 is 0 Å². The van der Waals surface area contributed by atoms with Gasteiger partial charge in [0, 0.05) is 5.56 Å². The number of amides is 1. The maximum absolute atomic E-state index is 12.7. The zero-order valence-electron chi connectivity index (χ0n) is 12.8. The summed E-state index contributed by atoms with van der Waals surface area (Å²) < 4.78 is 0.843. The molecular weight excluding hydrogens is 333 g/mol. The van der Waals surface area contributed by atoms with Crippen LogP contribution in [0.2, 0.25) is 0 Å². The zero-order chi connectivity index (χ0) is 16.2. The van der Waals surface area contributed by atoms with Gasteiger partial charge in [0.2, 0.25) is 5.91 Å². The number of rotatable bonds is 3. The maximum Gasteiger partial charge on any atom is 0.234 e. The van der Waals surface area contributed by atoms with Crippen LogP contribution in [0.5, 0.6) is 0 Å². The summed E-state index contributed by atoms with van der Waals surface area (Å²) in [6.45, 7) is 1.80. The standard InChI is InChI=1S/C17H17Cl2N3O/c1-16(10-17(16,18)19)15(23)20-14-12-8-5-9-13(12)21-22(14)11-6-3-2-4-7-11/h2-4,6-7H,5,8-10H2,1H3,(H,20,23)/t16-/m0/s1. The summed E-state index contributed by atoms with van der Waals surface area (Å²) >= 11 is 12.3. The SMILES string of the molecule is C[C@@]1(C(=O)Nc2c3c(nn2-c2ccccc2)CCC3)CC1(Cl)Cl. The van der Waals surface area contributed by atoms with Crippen LogP contribution in [-0.4, -0.2) is 20.0 Å². The van der Waals surface area contributed by atoms with Crippen LogP contribution in [0.3, 0.4) is 0 Å². The van der Waals surface area contributed by atoms with Gasteiger partial charge in [-0.05, 0) is 44.7 Å². The largest absolute Gasteiger partial charge is 0.310 e. The predicted molar refractivity (Wildman–Crippen MR) is 91.4 cm³/mol. The predicted octanol–water partition coefficient (Wildman–Crippen LogP) is 3.88. The minimum Gasteiger partial charge on any atom is -0.310 e. The van der Waals surface area contributed by atoms with Crippen LogP contribution in [0, 0.1) is 5.41 Å². The summed E-state index contributed by atoms with van der Waals surface area (Å²) in [4.78, 5) is 12.7. The Morgan fingerprint density at radius 1 is 1.26 bits per heavy atom. The number of hydrogen-bond acceptors (Lipinski definition) is 2. The number of carbonyl (C=O) groups excluding carboxylic acids is 1. The highest BCUT2D eigenvalue weighted by molar-refractivity contribution is 6.53. The minimum atomic E-state index is -0.974. The summed E-state index contributed by atoms with van der Waals surface area (Å²) in [7, 11) is 0. The van der Waals surface area contributed by atoms with Crippen LogP contribution in [0.1, 0.15) is 31.0 Å². The summed E-state index contributed by atoms with van der Waals surface area (Å²) in [6, 6.07) is 9.82. The lowest BCUT2D eigenvalue weighted by Crippen LogP contribution is -2.27. The molecule has 4 rings (SSSR count). The molecule has 6 heteroatoms. The van der Waals surface area contributed by atoms with Crippen LogP contribution < -0.4 is 5.32 Å². The lowest BCUT2D eigenvalue weighted by atomic mass is 10.1. The molecule has 0 spiro atoms. The third kappa shape index (κ3) is 2.27. The average molecular weight is 350 g/mol. The molecule has 23 heavy (non-hydrogen) atoms. The fraction of sp³-hybridized carbons (Fsp3) is 0.412. The smallest absolute Gasteiger partial charge is 0.234 e. The summed E-state index contributed by atoms with van der Waals surface area (Å²) in [5, 5.41) is 7.73. The molecule has 2 aromatic rings. The van der Waals surface area contributed by atoms with Gasteiger partial charge in [0.15, 0.2) is 0 Å². The molecule has 1 heterocycles. The van der Waals surface area contributed by atoms with Gasteiger partial charge in [-0.1, -0.05) is 18.2 Å². The second-order valence-corrected chi connectivity index (χ2v) is 8.03. The number of nitrogens with zero attached hydrogens (tertiary/aromatic N) is 2. The van der Waals surface area contributed by atoms with Crippen LogP contribution in [0.15, 0.2) is 30.3 Å². The topological polar surface area (TPSA) is 46.9 Å². The molecule has 1 atom stereocenters. The van der Waals surface area contributed by atoms with Crippen molar-refractivity contribution in [3.05, 3.63) is 41.6 Å². The molecule has 120 valence electrons. The van der Waals surface area contributed by atoms with Gasteiger partial charge in [0.25, 0.3) is 0 Å². The Balaban J connectivity index is 1.72. The van der Waals surface area contributed by atoms with Crippen molar-refractivity contribution in [2.24, 2.45) is 5.41 Å². The number of hydrogen-bond donors (Lipinski definition) is 1. The monoisotopic (exact) mass is 349 g/mol. The average Bonchev–Trinajstić information content (AvgIpc) is 2.89. The normalized spacial score (nSPS) is 24.3. The van der Waals surface area contributed by atoms with Crippen molar-refractivity contribution in [2.75, 3.05) is 5.32 Å². The molecule has 1 N–H and O–H groups in total. The van der Waals surface area contributed by atoms with E-state index in [4.69, 9.17) is 23.2 Å². The molecular formula is C17H17Cl2N3O. The molecule has 1 saturated carbocycles. The fourth-order valence-corrected chi connectivity index (χ4v) is 3.87. The number of para-hydroxylation sites is 1. The molecule has 2 aliphatic carbocycles. The first kappa shape index (κ1) is 15.0. The highest BCUT2D eigenvalue weighted by Crippen LogP contribution is 2.64. The van der Waals surface area contributed by atoms with E-state index in [0.717, 1.165) is 42.0 Å². The van der Waals surface area contributed by atoms with Crippen LogP contribution >= 0.6 is 23.2 Å². The Kier molecular flexibility index (Phi) is 3.26. The van der Waals surface area contributed by atoms with E-state index in [2.05, 4.69) is 10.4 Å². The summed E-state index contributed by atoms with van der Waals surface area (Å²) in [5.74, 6) is 0.611. The molecule has 2 aliphatic rings. The zero-order valence-corrected chi connectivity index (χ0v) is 14.3. The second-order valence-electron chi connectivity index (χ2n) is 6.54. The van der Waals surface area contributed by atoms with Crippen molar-refractivity contribution in [3.63, 3.8) is 0 Å². The fourth-order valence-electron chi connectivity index (χ4n) is 3.17. The lowest BCUT2D eigenvalue weighted by Gasteiger charge is -2.15. The molecule has 0 saturated heterocycles. The highest BCUT2D eigenvalue weighted by atomic mass is 35.5. The Hall–Kier alpha value is -1.52. The number of alkyl halides is 2. The first-order chi connectivity index (χ1) is 10.9. The van der Waals surface area contributed by atoms with Crippen molar-refractivity contribution in [1.29, 1.82) is 0 Å². The van der Waals surface area contributed by atoms with Gasteiger partial charge in [0.1, 0.15) is 10.2 Å². The summed E-state index contributed by atoms with van der Waals surface area (Å²) in [6.07, 6.45) is 3.42. The number of halogens is 2. The van der Waals surface area contributed by atoms with Gasteiger partial charge in [-0.2, -0.15) is 5.10 Å². The summed E-state index contributed by atoms with van der Waals surface area (Å²) in [5.41, 5.74) is 2.38. The molecule has 0 unspecified atom stereocenters. The number of nitrogens with one attached hydrogen (secondary N) is 1. The Bertz CT molecular complexity index is 785. The first-order valence-corrected chi connectivity index (χ1v) is 8.53. The second kappa shape index (κ2) is 4.99. The molecule has 1 fully saturated rings. The Morgan fingerprint density at radius 3 is 2.61 bits per heavy atom. The van der Waals surface area contributed by atoms with E-state index in [1.165, 1.54) is 0 Å². The number of anilines is 1. The van der Waals surface area contributed by atoms with Crippen LogP contribution in [0.25, 0.3) is 5.69 Å². The van der Waals surface area contributed by atoms with Crippen molar-refractivity contribution in [1.82, 2.24) is 9.78 Å². The molecule has 1 aromatic carbocycles. The van der Waals surface area contributed by atoms with E-state index >= 15 is 0 Å². The van der Waals surface area contributed by atoms with Gasteiger partial charge in [0.05, 0.1) is 16.8 Å². The molecule has 1 amide bonds. The molecule has 0 radical (unpaired) electrons. The Morgan fingerprint density at radius 2 is 1.96 bits per heavy atom. The quantitative estimate of drug-likeness (QED) is 0.854. The number of benzene rings is 1. The van der Waals surface area contributed by atoms with Gasteiger partial charge in [-0.25, -0.2) is 4.68 Å². The molecule has 4 nitrogen and oxygen atoms in total. The van der Waals surface area contributed by atoms with Crippen molar-refractivity contribution < 1.29 is 4.79 Å². The van der Waals surface area contributed by atoms with Crippen molar-refractivity contribution >= 4 is 34.9 Å². The first-order valence-electron chi connectivity index (χ1n) is 7.78. The van der Waals surface area contributed by atoms with Crippen molar-refractivity contribution in [2.45, 2.75) is 36.9 Å². The molecule has 1 aromatic heterocycles. The van der Waals surface area contributed by atoms with Gasteiger partial charge < -0.3 is 5.32 Å². The minimum absolute atomic E-state index is 0.144. The van der Waals surface area contributed by atoms with Gasteiger partial charge in [-0.15, -0.1) is 23.2 Å². The highest BCUT2D eigenvalue weighted by Gasteiger charge is 2.68. The molecule has 0 bridgehead atoms. The number of aryl methyl sites for hydroxylation is 1. The van der Waals surface area contributed by atoms with E-state index in [9.17, 15) is 4.79 Å². The third-order valence-corrected chi connectivity index (χ3v) is 6.00.